The molecule has 0 aliphatic heterocycles. The van der Waals surface area contributed by atoms with Gasteiger partial charge in [-0.3, -0.25) is 37.3 Å². The molecule has 0 saturated heterocycles. The van der Waals surface area contributed by atoms with Crippen LogP contribution < -0.4 is 0 Å². The van der Waals surface area contributed by atoms with Crippen LogP contribution >= 0.6 is 15.6 Å². The third-order valence-electron chi connectivity index (χ3n) is 15.9. The molecule has 17 nitrogen and oxygen atoms in total. The average molecular weight is 1310 g/mol. The van der Waals surface area contributed by atoms with Crippen LogP contribution in [0.4, 0.5) is 0 Å². The predicted molar refractivity (Wildman–Crippen MR) is 358 cm³/mol. The van der Waals surface area contributed by atoms with E-state index in [0.717, 1.165) is 127 Å². The number of phosphoric acid groups is 2. The first-order valence-corrected chi connectivity index (χ1v) is 38.7. The van der Waals surface area contributed by atoms with Gasteiger partial charge in [-0.15, -0.1) is 0 Å². The molecule has 0 aromatic rings. The second kappa shape index (κ2) is 60.5. The third kappa shape index (κ3) is 62.7. The van der Waals surface area contributed by atoms with Crippen LogP contribution in [0.5, 0.6) is 0 Å². The highest BCUT2D eigenvalue weighted by Gasteiger charge is 2.30. The minimum atomic E-state index is -4.96. The molecule has 0 aliphatic rings. The van der Waals surface area contributed by atoms with Gasteiger partial charge in [0.2, 0.25) is 0 Å². The van der Waals surface area contributed by atoms with Crippen molar-refractivity contribution in [2.45, 2.75) is 343 Å². The molecule has 6 atom stereocenters. The second-order valence-corrected chi connectivity index (χ2v) is 28.7. The molecule has 0 aliphatic carbocycles. The SMILES string of the molecule is CCCCCC/C=C\C=C/CCCCCCCC(=O)OC[C@H](COP(=O)(O)OCC(O)COP(=O)(O)OC[C@@H](COC(=O)CCCCCCCCCCC(C)C)OC(=O)CCCCCCCCC(C)CC)OC(=O)CCCCCCCCCCCCC(C)C. The molecule has 0 rings (SSSR count). The number of ether oxygens (including phenoxy) is 4. The fraction of sp³-hybridized carbons (Fsp3) is 0.886. The van der Waals surface area contributed by atoms with Crippen molar-refractivity contribution in [2.24, 2.45) is 17.8 Å². The van der Waals surface area contributed by atoms with Crippen LogP contribution in [0.1, 0.15) is 325 Å². The fourth-order valence-corrected chi connectivity index (χ4v) is 11.5. The zero-order valence-corrected chi connectivity index (χ0v) is 59.2. The molecular formula is C70H132O17P2. The van der Waals surface area contributed by atoms with E-state index in [0.29, 0.717) is 25.7 Å². The van der Waals surface area contributed by atoms with E-state index >= 15 is 0 Å². The maximum atomic E-state index is 13.0. The lowest BCUT2D eigenvalue weighted by Crippen LogP contribution is -2.30. The Kier molecular flexibility index (Phi) is 58.8. The van der Waals surface area contributed by atoms with Crippen LogP contribution in [-0.2, 0) is 65.4 Å². The summed E-state index contributed by atoms with van der Waals surface area (Å²) in [5, 5.41) is 10.6. The van der Waals surface area contributed by atoms with Crippen LogP contribution in [0, 0.1) is 17.8 Å². The fourth-order valence-electron chi connectivity index (χ4n) is 9.97. The molecule has 524 valence electrons. The molecule has 0 aromatic heterocycles. The van der Waals surface area contributed by atoms with Gasteiger partial charge in [0, 0.05) is 25.7 Å². The normalized spacial score (nSPS) is 14.7. The Morgan fingerprint density at radius 1 is 0.371 bits per heavy atom. The molecule has 3 N–H and O–H groups in total. The molecule has 0 spiro atoms. The second-order valence-electron chi connectivity index (χ2n) is 25.8. The van der Waals surface area contributed by atoms with Gasteiger partial charge in [-0.1, -0.05) is 272 Å². The number of rotatable bonds is 66. The number of carbonyl (C=O) groups is 4. The maximum Gasteiger partial charge on any atom is 0.472 e. The van der Waals surface area contributed by atoms with E-state index in [9.17, 15) is 43.2 Å². The minimum absolute atomic E-state index is 0.0984. The van der Waals surface area contributed by atoms with E-state index in [4.69, 9.17) is 37.0 Å². The Balaban J connectivity index is 5.29. The number of aliphatic hydroxyl groups is 1. The van der Waals surface area contributed by atoms with Crippen molar-refractivity contribution in [3.8, 4) is 0 Å². The lowest BCUT2D eigenvalue weighted by atomic mass is 10.00. The van der Waals surface area contributed by atoms with Crippen molar-refractivity contribution in [1.29, 1.82) is 0 Å². The van der Waals surface area contributed by atoms with Crippen molar-refractivity contribution < 1.29 is 80.2 Å². The minimum Gasteiger partial charge on any atom is -0.462 e. The first kappa shape index (κ1) is 86.5. The van der Waals surface area contributed by atoms with Gasteiger partial charge in [0.05, 0.1) is 26.4 Å². The Hall–Kier alpha value is -2.46. The Morgan fingerprint density at radius 3 is 1.00 bits per heavy atom. The van der Waals surface area contributed by atoms with E-state index in [-0.39, 0.29) is 25.7 Å². The molecule has 0 bridgehead atoms. The van der Waals surface area contributed by atoms with Gasteiger partial charge in [0.25, 0.3) is 0 Å². The average Bonchev–Trinajstić information content (AvgIpc) is 3.70. The number of unbranched alkanes of at least 4 members (excludes halogenated alkanes) is 30. The molecule has 0 fully saturated rings. The van der Waals surface area contributed by atoms with Crippen molar-refractivity contribution >= 4 is 39.5 Å². The quantitative estimate of drug-likeness (QED) is 0.0169. The number of allylic oxidation sites excluding steroid dienone is 4. The van der Waals surface area contributed by atoms with Crippen LogP contribution in [0.25, 0.3) is 0 Å². The first-order chi connectivity index (χ1) is 42.8. The van der Waals surface area contributed by atoms with Crippen LogP contribution in [-0.4, -0.2) is 96.7 Å². The topological polar surface area (TPSA) is 237 Å². The van der Waals surface area contributed by atoms with Crippen molar-refractivity contribution in [3.05, 3.63) is 24.3 Å². The molecule has 89 heavy (non-hydrogen) atoms. The smallest absolute Gasteiger partial charge is 0.462 e. The van der Waals surface area contributed by atoms with E-state index in [1.54, 1.807) is 0 Å². The largest absolute Gasteiger partial charge is 0.472 e. The predicted octanol–water partition coefficient (Wildman–Crippen LogP) is 19.4. The Labute approximate surface area is 542 Å². The van der Waals surface area contributed by atoms with Gasteiger partial charge in [-0.2, -0.15) is 0 Å². The standard InChI is InChI=1S/C70H132O17P2/c1-8-10-11-12-13-14-15-16-17-18-19-23-29-37-44-51-67(72)80-57-65(86-69(74)53-46-39-31-24-21-20-22-27-34-41-48-61(3)4)59-84-88(76,77)82-55-64(71)56-83-89(78,79)85-60-66(87-70(75)54-47-40-33-32-36-43-50-63(7)9-2)58-81-68(73)52-45-38-30-26-25-28-35-42-49-62(5)6/h14-17,61-66,71H,8-13,18-60H2,1-7H3,(H,76,77)(H,78,79)/b15-14-,17-16-/t63?,64?,65-,66-/m1/s1. The van der Waals surface area contributed by atoms with E-state index in [1.807, 2.05) is 0 Å². The van der Waals surface area contributed by atoms with Gasteiger partial charge in [0.1, 0.15) is 19.3 Å². The Morgan fingerprint density at radius 2 is 0.663 bits per heavy atom. The molecule has 0 radical (unpaired) electrons. The number of hydrogen-bond donors (Lipinski definition) is 3. The number of hydrogen-bond acceptors (Lipinski definition) is 15. The van der Waals surface area contributed by atoms with Gasteiger partial charge in [-0.05, 0) is 69.1 Å². The van der Waals surface area contributed by atoms with Gasteiger partial charge in [-0.25, -0.2) is 9.13 Å². The lowest BCUT2D eigenvalue weighted by Gasteiger charge is -2.21. The van der Waals surface area contributed by atoms with Crippen LogP contribution in [0.3, 0.4) is 0 Å². The highest BCUT2D eigenvalue weighted by molar-refractivity contribution is 7.47. The number of aliphatic hydroxyl groups excluding tert-OH is 1. The zero-order valence-electron chi connectivity index (χ0n) is 57.4. The molecule has 0 amide bonds. The van der Waals surface area contributed by atoms with E-state index in [1.165, 1.54) is 116 Å². The highest BCUT2D eigenvalue weighted by Crippen LogP contribution is 2.45. The third-order valence-corrected chi connectivity index (χ3v) is 17.8. The number of carbonyl (C=O) groups excluding carboxylic acids is 4. The van der Waals surface area contributed by atoms with Crippen molar-refractivity contribution in [3.63, 3.8) is 0 Å². The maximum absolute atomic E-state index is 13.0. The van der Waals surface area contributed by atoms with Crippen LogP contribution in [0.15, 0.2) is 24.3 Å². The molecular weight excluding hydrogens is 1170 g/mol. The van der Waals surface area contributed by atoms with Crippen molar-refractivity contribution in [2.75, 3.05) is 39.6 Å². The summed E-state index contributed by atoms with van der Waals surface area (Å²) in [6.45, 7) is 11.7. The molecule has 19 heteroatoms. The summed E-state index contributed by atoms with van der Waals surface area (Å²) in [6.07, 6.45) is 46.7. The molecule has 0 aromatic carbocycles. The van der Waals surface area contributed by atoms with Crippen molar-refractivity contribution in [1.82, 2.24) is 0 Å². The monoisotopic (exact) mass is 1310 g/mol. The molecule has 4 unspecified atom stereocenters. The first-order valence-electron chi connectivity index (χ1n) is 35.7. The summed E-state index contributed by atoms with van der Waals surface area (Å²) in [7, 11) is -9.91. The number of esters is 4. The summed E-state index contributed by atoms with van der Waals surface area (Å²) >= 11 is 0. The summed E-state index contributed by atoms with van der Waals surface area (Å²) in [4.78, 5) is 72.5. The van der Waals surface area contributed by atoms with Gasteiger partial charge >= 0.3 is 39.5 Å². The summed E-state index contributed by atoms with van der Waals surface area (Å²) < 4.78 is 68.2. The summed E-state index contributed by atoms with van der Waals surface area (Å²) in [5.74, 6) is 0.0317. The van der Waals surface area contributed by atoms with Gasteiger partial charge in [0.15, 0.2) is 12.2 Å². The van der Waals surface area contributed by atoms with Crippen LogP contribution in [0.2, 0.25) is 0 Å². The van der Waals surface area contributed by atoms with E-state index < -0.39 is 97.5 Å². The zero-order chi connectivity index (χ0) is 65.9. The molecule has 0 saturated carbocycles. The summed E-state index contributed by atoms with van der Waals surface area (Å²) in [5.41, 5.74) is 0. The molecule has 0 heterocycles. The van der Waals surface area contributed by atoms with E-state index in [2.05, 4.69) is 72.8 Å². The lowest BCUT2D eigenvalue weighted by molar-refractivity contribution is -0.161. The Bertz CT molecular complexity index is 1840. The summed E-state index contributed by atoms with van der Waals surface area (Å²) in [6, 6.07) is 0. The highest BCUT2D eigenvalue weighted by atomic mass is 31.2. The van der Waals surface area contributed by atoms with Gasteiger partial charge < -0.3 is 33.8 Å². The number of phosphoric ester groups is 2.